The predicted molar refractivity (Wildman–Crippen MR) is 76.3 cm³/mol. The number of halogens is 1. The average Bonchev–Trinajstić information content (AvgIpc) is 2.43. The van der Waals surface area contributed by atoms with Crippen LogP contribution in [0.15, 0.2) is 30.9 Å². The Morgan fingerprint density at radius 2 is 2.20 bits per heavy atom. The van der Waals surface area contributed by atoms with Gasteiger partial charge in [-0.25, -0.2) is 4.39 Å². The molecule has 0 aliphatic carbocycles. The smallest absolute Gasteiger partial charge is 0.272 e. The van der Waals surface area contributed by atoms with Crippen molar-refractivity contribution in [1.29, 1.82) is 0 Å². The van der Waals surface area contributed by atoms with E-state index in [0.29, 0.717) is 5.69 Å². The number of nitro benzene ring substituents is 1. The van der Waals surface area contributed by atoms with Crippen molar-refractivity contribution in [2.75, 3.05) is 25.0 Å². The van der Waals surface area contributed by atoms with Gasteiger partial charge in [0.15, 0.2) is 5.82 Å². The molecule has 0 spiro atoms. The number of benzene rings is 1. The molecule has 20 heavy (non-hydrogen) atoms. The molecule has 0 bridgehead atoms. The Balaban J connectivity index is 1.94. The van der Waals surface area contributed by atoms with Gasteiger partial charge in [0, 0.05) is 31.7 Å². The zero-order valence-electron chi connectivity index (χ0n) is 11.2. The first-order chi connectivity index (χ1) is 9.60. The standard InChI is InChI=1S/C14H18FN3O2/c1-2-7-17-8-5-11(6-9-17)16-14-4-3-12(18(19)20)10-13(14)15/h2-4,10-11,16H,1,5-9H2. The number of hydrogen-bond donors (Lipinski definition) is 1. The molecule has 1 saturated heterocycles. The van der Waals surface area contributed by atoms with E-state index in [9.17, 15) is 14.5 Å². The maximum absolute atomic E-state index is 13.8. The highest BCUT2D eigenvalue weighted by Crippen LogP contribution is 2.23. The Hall–Kier alpha value is -1.95. The van der Waals surface area contributed by atoms with Gasteiger partial charge in [-0.3, -0.25) is 15.0 Å². The second-order valence-electron chi connectivity index (χ2n) is 4.93. The summed E-state index contributed by atoms with van der Waals surface area (Å²) in [7, 11) is 0. The van der Waals surface area contributed by atoms with Crippen molar-refractivity contribution < 1.29 is 9.31 Å². The zero-order chi connectivity index (χ0) is 14.5. The molecule has 108 valence electrons. The molecule has 1 aromatic carbocycles. The normalized spacial score (nSPS) is 16.9. The van der Waals surface area contributed by atoms with Crippen LogP contribution in [-0.4, -0.2) is 35.5 Å². The van der Waals surface area contributed by atoms with E-state index in [2.05, 4.69) is 16.8 Å². The average molecular weight is 279 g/mol. The molecule has 6 heteroatoms. The highest BCUT2D eigenvalue weighted by molar-refractivity contribution is 5.50. The largest absolute Gasteiger partial charge is 0.380 e. The van der Waals surface area contributed by atoms with Crippen molar-refractivity contribution in [3.8, 4) is 0 Å². The third kappa shape index (κ3) is 3.54. The fourth-order valence-corrected chi connectivity index (χ4v) is 2.40. The second kappa shape index (κ2) is 6.47. The quantitative estimate of drug-likeness (QED) is 0.511. The van der Waals surface area contributed by atoms with Crippen LogP contribution in [0.1, 0.15) is 12.8 Å². The van der Waals surface area contributed by atoms with E-state index in [1.165, 1.54) is 12.1 Å². The van der Waals surface area contributed by atoms with Crippen LogP contribution in [0.4, 0.5) is 15.8 Å². The molecule has 0 unspecified atom stereocenters. The van der Waals surface area contributed by atoms with Gasteiger partial charge in [0.1, 0.15) is 0 Å². The second-order valence-corrected chi connectivity index (χ2v) is 4.93. The fourth-order valence-electron chi connectivity index (χ4n) is 2.40. The van der Waals surface area contributed by atoms with E-state index < -0.39 is 10.7 Å². The summed E-state index contributed by atoms with van der Waals surface area (Å²) in [4.78, 5) is 12.2. The van der Waals surface area contributed by atoms with Gasteiger partial charge in [-0.05, 0) is 18.9 Å². The van der Waals surface area contributed by atoms with Gasteiger partial charge < -0.3 is 5.32 Å². The van der Waals surface area contributed by atoms with Gasteiger partial charge in [0.25, 0.3) is 5.69 Å². The Kier molecular flexibility index (Phi) is 4.68. The molecule has 0 radical (unpaired) electrons. The van der Waals surface area contributed by atoms with E-state index >= 15 is 0 Å². The lowest BCUT2D eigenvalue weighted by Crippen LogP contribution is -2.39. The number of likely N-dealkylation sites (tertiary alicyclic amines) is 1. The SMILES string of the molecule is C=CCN1CCC(Nc2ccc([N+](=O)[O-])cc2F)CC1. The molecule has 1 heterocycles. The Morgan fingerprint density at radius 1 is 1.50 bits per heavy atom. The monoisotopic (exact) mass is 279 g/mol. The third-order valence-electron chi connectivity index (χ3n) is 3.50. The van der Waals surface area contributed by atoms with Crippen LogP contribution in [0.25, 0.3) is 0 Å². The van der Waals surface area contributed by atoms with Crippen LogP contribution in [0.3, 0.4) is 0 Å². The number of nitrogens with zero attached hydrogens (tertiary/aromatic N) is 2. The van der Waals surface area contributed by atoms with Gasteiger partial charge in [-0.2, -0.15) is 0 Å². The van der Waals surface area contributed by atoms with Crippen LogP contribution in [0, 0.1) is 15.9 Å². The molecule has 0 aromatic heterocycles. The van der Waals surface area contributed by atoms with Gasteiger partial charge in [0.05, 0.1) is 16.7 Å². The van der Waals surface area contributed by atoms with Crippen molar-refractivity contribution in [2.45, 2.75) is 18.9 Å². The number of piperidine rings is 1. The number of nitrogens with one attached hydrogen (secondary N) is 1. The van der Waals surface area contributed by atoms with Crippen LogP contribution < -0.4 is 5.32 Å². The first-order valence-electron chi connectivity index (χ1n) is 6.64. The minimum Gasteiger partial charge on any atom is -0.380 e. The zero-order valence-corrected chi connectivity index (χ0v) is 11.2. The Labute approximate surface area is 117 Å². The summed E-state index contributed by atoms with van der Waals surface area (Å²) in [5.41, 5.74) is 0.103. The number of hydrogen-bond acceptors (Lipinski definition) is 4. The lowest BCUT2D eigenvalue weighted by atomic mass is 10.0. The van der Waals surface area contributed by atoms with Crippen molar-refractivity contribution >= 4 is 11.4 Å². The molecule has 0 saturated carbocycles. The summed E-state index contributed by atoms with van der Waals surface area (Å²) in [6.07, 6.45) is 3.72. The number of anilines is 1. The summed E-state index contributed by atoms with van der Waals surface area (Å²) >= 11 is 0. The molecule has 1 fully saturated rings. The number of nitro groups is 1. The van der Waals surface area contributed by atoms with Crippen LogP contribution in [0.5, 0.6) is 0 Å². The molecular formula is C14H18FN3O2. The van der Waals surface area contributed by atoms with E-state index in [1.54, 1.807) is 0 Å². The van der Waals surface area contributed by atoms with Crippen molar-refractivity contribution in [1.82, 2.24) is 4.90 Å². The van der Waals surface area contributed by atoms with Crippen molar-refractivity contribution in [3.63, 3.8) is 0 Å². The van der Waals surface area contributed by atoms with Gasteiger partial charge in [-0.1, -0.05) is 6.08 Å². The summed E-state index contributed by atoms with van der Waals surface area (Å²) < 4.78 is 13.8. The molecule has 1 aromatic rings. The maximum Gasteiger partial charge on any atom is 0.272 e. The third-order valence-corrected chi connectivity index (χ3v) is 3.50. The molecule has 0 atom stereocenters. The highest BCUT2D eigenvalue weighted by atomic mass is 19.1. The molecule has 2 rings (SSSR count). The molecule has 1 N–H and O–H groups in total. The van der Waals surface area contributed by atoms with Gasteiger partial charge >= 0.3 is 0 Å². The number of rotatable bonds is 5. The molecule has 1 aliphatic heterocycles. The lowest BCUT2D eigenvalue weighted by Gasteiger charge is -2.32. The maximum atomic E-state index is 13.8. The van der Waals surface area contributed by atoms with Gasteiger partial charge in [0.2, 0.25) is 0 Å². The first-order valence-corrected chi connectivity index (χ1v) is 6.64. The van der Waals surface area contributed by atoms with E-state index in [-0.39, 0.29) is 11.7 Å². The summed E-state index contributed by atoms with van der Waals surface area (Å²) in [6.45, 7) is 6.47. The van der Waals surface area contributed by atoms with Crippen molar-refractivity contribution in [2.24, 2.45) is 0 Å². The molecule has 0 amide bonds. The minimum atomic E-state index is -0.597. The van der Waals surface area contributed by atoms with Crippen LogP contribution in [-0.2, 0) is 0 Å². The highest BCUT2D eigenvalue weighted by Gasteiger charge is 2.19. The van der Waals surface area contributed by atoms with Gasteiger partial charge in [-0.15, -0.1) is 6.58 Å². The molecule has 1 aliphatic rings. The topological polar surface area (TPSA) is 58.4 Å². The van der Waals surface area contributed by atoms with Crippen molar-refractivity contribution in [3.05, 3.63) is 46.8 Å². The number of non-ortho nitro benzene ring substituents is 1. The van der Waals surface area contributed by atoms with E-state index in [1.807, 2.05) is 6.08 Å². The molecular weight excluding hydrogens is 261 g/mol. The minimum absolute atomic E-state index is 0.201. The Bertz CT molecular complexity index is 499. The summed E-state index contributed by atoms with van der Waals surface area (Å²) in [5.74, 6) is -0.576. The van der Waals surface area contributed by atoms with Crippen LogP contribution in [0.2, 0.25) is 0 Å². The van der Waals surface area contributed by atoms with E-state index in [4.69, 9.17) is 0 Å². The Morgan fingerprint density at radius 3 is 2.75 bits per heavy atom. The lowest BCUT2D eigenvalue weighted by molar-refractivity contribution is -0.385. The molecule has 5 nitrogen and oxygen atoms in total. The predicted octanol–water partition coefficient (Wildman–Crippen LogP) is 2.80. The van der Waals surface area contributed by atoms with Crippen LogP contribution >= 0.6 is 0 Å². The first kappa shape index (κ1) is 14.5. The fraction of sp³-hybridized carbons (Fsp3) is 0.429. The summed E-state index contributed by atoms with van der Waals surface area (Å²) in [6, 6.07) is 3.91. The van der Waals surface area contributed by atoms with E-state index in [0.717, 1.165) is 38.5 Å². The summed E-state index contributed by atoms with van der Waals surface area (Å²) in [5, 5.41) is 13.7.